The average Bonchev–Trinajstić information content (AvgIpc) is 2.80. The van der Waals surface area contributed by atoms with Gasteiger partial charge in [0.15, 0.2) is 9.84 Å². The van der Waals surface area contributed by atoms with Crippen LogP contribution in [0.4, 0.5) is 0 Å². The van der Waals surface area contributed by atoms with Crippen LogP contribution in [-0.4, -0.2) is 25.7 Å². The third kappa shape index (κ3) is 3.93. The maximum absolute atomic E-state index is 11.4. The number of sulfone groups is 1. The number of rotatable bonds is 4. The largest absolute Gasteiger partial charge is 0.478 e. The number of carboxylic acid groups (broad SMARTS) is 1. The predicted octanol–water partition coefficient (Wildman–Crippen LogP) is 3.43. The van der Waals surface area contributed by atoms with Crippen LogP contribution in [0.25, 0.3) is 11.6 Å². The third-order valence-corrected chi connectivity index (χ3v) is 5.01. The third-order valence-electron chi connectivity index (χ3n) is 2.70. The van der Waals surface area contributed by atoms with Crippen molar-refractivity contribution in [2.75, 3.05) is 6.26 Å². The molecule has 0 spiro atoms. The van der Waals surface area contributed by atoms with Gasteiger partial charge in [-0.05, 0) is 35.9 Å². The second-order valence-electron chi connectivity index (χ2n) is 4.30. The summed E-state index contributed by atoms with van der Waals surface area (Å²) >= 11 is 7.08. The van der Waals surface area contributed by atoms with Crippen LogP contribution < -0.4 is 0 Å². The zero-order valence-electron chi connectivity index (χ0n) is 10.9. The van der Waals surface area contributed by atoms with Gasteiger partial charge in [-0.3, -0.25) is 0 Å². The Morgan fingerprint density at radius 3 is 2.24 bits per heavy atom. The molecule has 0 atom stereocenters. The van der Waals surface area contributed by atoms with Gasteiger partial charge in [-0.2, -0.15) is 0 Å². The van der Waals surface area contributed by atoms with Gasteiger partial charge in [0.1, 0.15) is 0 Å². The first-order valence-corrected chi connectivity index (χ1v) is 8.87. The Labute approximate surface area is 131 Å². The molecule has 0 saturated carbocycles. The number of carboxylic acids is 1. The van der Waals surface area contributed by atoms with E-state index in [1.165, 1.54) is 41.7 Å². The van der Waals surface area contributed by atoms with Crippen molar-refractivity contribution in [2.24, 2.45) is 0 Å². The molecule has 1 aromatic carbocycles. The molecule has 0 radical (unpaired) electrons. The maximum atomic E-state index is 11.4. The molecule has 1 N–H and O–H groups in total. The molecule has 1 aromatic heterocycles. The second-order valence-corrected chi connectivity index (χ2v) is 8.06. The molecule has 110 valence electrons. The molecule has 0 aliphatic carbocycles. The molecule has 0 aliphatic rings. The first-order valence-electron chi connectivity index (χ1n) is 5.78. The van der Waals surface area contributed by atoms with Crippen molar-refractivity contribution in [2.45, 2.75) is 4.90 Å². The van der Waals surface area contributed by atoms with Crippen LogP contribution in [0.2, 0.25) is 4.34 Å². The maximum Gasteiger partial charge on any atom is 0.336 e. The SMILES string of the molecule is CS(=O)(=O)c1ccc(/C(=C\c2ccc(Cl)s2)C(=O)O)cc1. The van der Waals surface area contributed by atoms with Crippen LogP contribution in [0.3, 0.4) is 0 Å². The smallest absolute Gasteiger partial charge is 0.336 e. The molecule has 0 fully saturated rings. The van der Waals surface area contributed by atoms with Crippen LogP contribution in [-0.2, 0) is 14.6 Å². The first kappa shape index (κ1) is 15.8. The Hall–Kier alpha value is -1.63. The minimum absolute atomic E-state index is 0.0774. The second kappa shape index (κ2) is 6.01. The van der Waals surface area contributed by atoms with Crippen molar-refractivity contribution < 1.29 is 18.3 Å². The Morgan fingerprint density at radius 2 is 1.81 bits per heavy atom. The zero-order valence-corrected chi connectivity index (χ0v) is 13.3. The molecule has 2 aromatic rings. The number of thiophene rings is 1. The summed E-state index contributed by atoms with van der Waals surface area (Å²) in [7, 11) is -3.30. The Kier molecular flexibility index (Phi) is 4.51. The fourth-order valence-corrected chi connectivity index (χ4v) is 3.33. The van der Waals surface area contributed by atoms with Crippen LogP contribution in [0.15, 0.2) is 41.3 Å². The van der Waals surface area contributed by atoms with E-state index in [2.05, 4.69) is 0 Å². The van der Waals surface area contributed by atoms with Crippen molar-refractivity contribution in [1.29, 1.82) is 0 Å². The highest BCUT2D eigenvalue weighted by molar-refractivity contribution is 7.90. The summed E-state index contributed by atoms with van der Waals surface area (Å²) in [5.41, 5.74) is 0.507. The monoisotopic (exact) mass is 342 g/mol. The number of hydrogen-bond donors (Lipinski definition) is 1. The summed E-state index contributed by atoms with van der Waals surface area (Å²) in [4.78, 5) is 12.2. The Bertz CT molecular complexity index is 802. The fourth-order valence-electron chi connectivity index (χ4n) is 1.70. The van der Waals surface area contributed by atoms with E-state index in [0.717, 1.165) is 6.26 Å². The molecule has 0 aliphatic heterocycles. The number of hydrogen-bond acceptors (Lipinski definition) is 4. The topological polar surface area (TPSA) is 71.4 Å². The van der Waals surface area contributed by atoms with Gasteiger partial charge in [0.05, 0.1) is 14.8 Å². The van der Waals surface area contributed by atoms with Crippen molar-refractivity contribution in [3.8, 4) is 0 Å². The van der Waals surface area contributed by atoms with Crippen molar-refractivity contribution in [1.82, 2.24) is 0 Å². The van der Waals surface area contributed by atoms with Crippen LogP contribution >= 0.6 is 22.9 Å². The minimum Gasteiger partial charge on any atom is -0.478 e. The van der Waals surface area contributed by atoms with Gasteiger partial charge in [-0.1, -0.05) is 23.7 Å². The molecule has 7 heteroatoms. The van der Waals surface area contributed by atoms with Crippen LogP contribution in [0.5, 0.6) is 0 Å². The highest BCUT2D eigenvalue weighted by Gasteiger charge is 2.13. The minimum atomic E-state index is -3.30. The first-order chi connectivity index (χ1) is 9.77. The zero-order chi connectivity index (χ0) is 15.6. The van der Waals surface area contributed by atoms with Gasteiger partial charge < -0.3 is 5.11 Å². The predicted molar refractivity (Wildman–Crippen MR) is 84.4 cm³/mol. The number of carbonyl (C=O) groups is 1. The Morgan fingerprint density at radius 1 is 1.19 bits per heavy atom. The van der Waals surface area contributed by atoms with E-state index in [9.17, 15) is 18.3 Å². The molecule has 2 rings (SSSR count). The summed E-state index contributed by atoms with van der Waals surface area (Å²) in [5.74, 6) is -1.09. The van der Waals surface area contributed by atoms with Gasteiger partial charge >= 0.3 is 5.97 Å². The molecular formula is C14H11ClO4S2. The summed E-state index contributed by atoms with van der Waals surface area (Å²) in [6.45, 7) is 0. The lowest BCUT2D eigenvalue weighted by Gasteiger charge is -2.04. The van der Waals surface area contributed by atoms with Crippen LogP contribution in [0.1, 0.15) is 10.4 Å². The van der Waals surface area contributed by atoms with Crippen molar-refractivity contribution >= 4 is 50.4 Å². The van der Waals surface area contributed by atoms with E-state index < -0.39 is 15.8 Å². The lowest BCUT2D eigenvalue weighted by atomic mass is 10.1. The number of benzene rings is 1. The van der Waals surface area contributed by atoms with E-state index in [1.54, 1.807) is 12.1 Å². The summed E-state index contributed by atoms with van der Waals surface area (Å²) in [6, 6.07) is 9.15. The standard InChI is InChI=1S/C14H11ClO4S2/c1-21(18,19)11-5-2-9(3-6-11)12(14(16)17)8-10-4-7-13(15)20-10/h2-8H,1H3,(H,16,17)/b12-8+. The Balaban J connectivity index is 2.44. The molecular weight excluding hydrogens is 332 g/mol. The van der Waals surface area contributed by atoms with Gasteiger partial charge in [0.2, 0.25) is 0 Å². The molecule has 0 unspecified atom stereocenters. The summed E-state index contributed by atoms with van der Waals surface area (Å²) in [5, 5.41) is 9.31. The summed E-state index contributed by atoms with van der Waals surface area (Å²) in [6.07, 6.45) is 2.61. The van der Waals surface area contributed by atoms with Crippen molar-refractivity contribution in [3.05, 3.63) is 51.2 Å². The quantitative estimate of drug-likeness (QED) is 0.864. The van der Waals surface area contributed by atoms with Gasteiger partial charge in [0, 0.05) is 11.1 Å². The van der Waals surface area contributed by atoms with E-state index in [1.807, 2.05) is 0 Å². The van der Waals surface area contributed by atoms with Crippen LogP contribution in [0, 0.1) is 0 Å². The van der Waals surface area contributed by atoms with Gasteiger partial charge in [0.25, 0.3) is 0 Å². The highest BCUT2D eigenvalue weighted by atomic mass is 35.5. The lowest BCUT2D eigenvalue weighted by Crippen LogP contribution is -2.01. The van der Waals surface area contributed by atoms with E-state index in [4.69, 9.17) is 11.6 Å². The molecule has 4 nitrogen and oxygen atoms in total. The summed E-state index contributed by atoms with van der Waals surface area (Å²) < 4.78 is 23.4. The molecule has 0 bridgehead atoms. The molecule has 1 heterocycles. The van der Waals surface area contributed by atoms with E-state index in [0.29, 0.717) is 14.8 Å². The lowest BCUT2D eigenvalue weighted by molar-refractivity contribution is -0.130. The molecule has 0 amide bonds. The van der Waals surface area contributed by atoms with E-state index >= 15 is 0 Å². The molecule has 0 saturated heterocycles. The van der Waals surface area contributed by atoms with Crippen molar-refractivity contribution in [3.63, 3.8) is 0 Å². The average molecular weight is 343 g/mol. The molecule has 21 heavy (non-hydrogen) atoms. The highest BCUT2D eigenvalue weighted by Crippen LogP contribution is 2.27. The number of halogens is 1. The van der Waals surface area contributed by atoms with Gasteiger partial charge in [-0.25, -0.2) is 13.2 Å². The van der Waals surface area contributed by atoms with Gasteiger partial charge in [-0.15, -0.1) is 11.3 Å². The van der Waals surface area contributed by atoms with E-state index in [-0.39, 0.29) is 10.5 Å². The normalized spacial score (nSPS) is 12.4. The fraction of sp³-hybridized carbons (Fsp3) is 0.0714. The number of aliphatic carboxylic acids is 1.